The summed E-state index contributed by atoms with van der Waals surface area (Å²) < 4.78 is 4.87. The van der Waals surface area contributed by atoms with E-state index in [1.807, 2.05) is 0 Å². The first-order valence-electron chi connectivity index (χ1n) is 7.51. The Morgan fingerprint density at radius 3 is 2.35 bits per heavy atom. The van der Waals surface area contributed by atoms with Gasteiger partial charge in [0.05, 0.1) is 7.11 Å². The number of amides is 1. The van der Waals surface area contributed by atoms with Crippen molar-refractivity contribution in [1.82, 2.24) is 5.32 Å². The third-order valence-corrected chi connectivity index (χ3v) is 4.71. The lowest BCUT2D eigenvalue weighted by molar-refractivity contribution is -0.152. The number of carbonyl (C=O) groups excluding carboxylic acids is 2. The van der Waals surface area contributed by atoms with Crippen molar-refractivity contribution in [2.75, 3.05) is 7.11 Å². The summed E-state index contributed by atoms with van der Waals surface area (Å²) in [5.74, 6) is -0.761. The first-order valence-corrected chi connectivity index (χ1v) is 8.27. The van der Waals surface area contributed by atoms with Gasteiger partial charge in [-0.2, -0.15) is 0 Å². The Bertz CT molecular complexity index is 602. The SMILES string of the molecule is COC(=O)C1(NC(=O)/C=C/c2c(Cl)cccc2Cl)CCCCC1. The molecule has 1 aromatic rings. The zero-order valence-electron chi connectivity index (χ0n) is 12.9. The molecule has 1 aliphatic carbocycles. The zero-order chi connectivity index (χ0) is 16.9. The summed E-state index contributed by atoms with van der Waals surface area (Å²) in [5.41, 5.74) is -0.361. The number of methoxy groups -OCH3 is 1. The van der Waals surface area contributed by atoms with Gasteiger partial charge in [-0.15, -0.1) is 0 Å². The second-order valence-corrected chi connectivity index (χ2v) is 6.41. The van der Waals surface area contributed by atoms with E-state index in [1.165, 1.54) is 13.2 Å². The topological polar surface area (TPSA) is 55.4 Å². The highest BCUT2D eigenvalue weighted by molar-refractivity contribution is 6.37. The average molecular weight is 356 g/mol. The van der Waals surface area contributed by atoms with Crippen molar-refractivity contribution in [1.29, 1.82) is 0 Å². The van der Waals surface area contributed by atoms with E-state index < -0.39 is 11.5 Å². The molecule has 1 amide bonds. The van der Waals surface area contributed by atoms with E-state index in [0.717, 1.165) is 19.3 Å². The molecule has 0 aromatic heterocycles. The minimum absolute atomic E-state index is 0.367. The van der Waals surface area contributed by atoms with Gasteiger partial charge in [0.25, 0.3) is 0 Å². The van der Waals surface area contributed by atoms with Crippen LogP contribution in [0, 0.1) is 0 Å². The minimum atomic E-state index is -0.932. The van der Waals surface area contributed by atoms with Gasteiger partial charge in [-0.3, -0.25) is 4.79 Å². The number of benzene rings is 1. The van der Waals surface area contributed by atoms with Crippen LogP contribution in [0.1, 0.15) is 37.7 Å². The molecular weight excluding hydrogens is 337 g/mol. The number of hydrogen-bond acceptors (Lipinski definition) is 3. The lowest BCUT2D eigenvalue weighted by atomic mass is 9.81. The Morgan fingerprint density at radius 1 is 1.17 bits per heavy atom. The molecule has 0 saturated heterocycles. The maximum atomic E-state index is 12.2. The molecule has 0 heterocycles. The van der Waals surface area contributed by atoms with Crippen molar-refractivity contribution in [3.63, 3.8) is 0 Å². The van der Waals surface area contributed by atoms with Crippen molar-refractivity contribution in [3.05, 3.63) is 39.9 Å². The molecule has 0 bridgehead atoms. The minimum Gasteiger partial charge on any atom is -0.467 e. The number of ether oxygens (including phenoxy) is 1. The summed E-state index contributed by atoms with van der Waals surface area (Å²) in [6.45, 7) is 0. The van der Waals surface area contributed by atoms with Crippen LogP contribution in [0.2, 0.25) is 10.0 Å². The van der Waals surface area contributed by atoms with Gasteiger partial charge in [0.15, 0.2) is 0 Å². The lowest BCUT2D eigenvalue weighted by Gasteiger charge is -2.34. The van der Waals surface area contributed by atoms with Crippen LogP contribution in [0.25, 0.3) is 6.08 Å². The van der Waals surface area contributed by atoms with Gasteiger partial charge in [-0.1, -0.05) is 48.5 Å². The van der Waals surface area contributed by atoms with Crippen LogP contribution < -0.4 is 5.32 Å². The highest BCUT2D eigenvalue weighted by Crippen LogP contribution is 2.30. The smallest absolute Gasteiger partial charge is 0.331 e. The predicted octanol–water partition coefficient (Wildman–Crippen LogP) is 4.00. The molecule has 6 heteroatoms. The number of carbonyl (C=O) groups is 2. The third-order valence-electron chi connectivity index (χ3n) is 4.05. The lowest BCUT2D eigenvalue weighted by Crippen LogP contribution is -2.55. The molecule has 1 aliphatic rings. The van der Waals surface area contributed by atoms with Crippen molar-refractivity contribution < 1.29 is 14.3 Å². The molecule has 0 aliphatic heterocycles. The van der Waals surface area contributed by atoms with E-state index in [9.17, 15) is 9.59 Å². The van der Waals surface area contributed by atoms with Gasteiger partial charge in [-0.05, 0) is 31.1 Å². The van der Waals surface area contributed by atoms with Crippen molar-refractivity contribution in [3.8, 4) is 0 Å². The monoisotopic (exact) mass is 355 g/mol. The fourth-order valence-electron chi connectivity index (χ4n) is 2.84. The average Bonchev–Trinajstić information content (AvgIpc) is 2.54. The van der Waals surface area contributed by atoms with E-state index in [-0.39, 0.29) is 5.91 Å². The van der Waals surface area contributed by atoms with E-state index in [0.29, 0.717) is 28.5 Å². The molecule has 1 fully saturated rings. The highest BCUT2D eigenvalue weighted by atomic mass is 35.5. The maximum absolute atomic E-state index is 12.2. The highest BCUT2D eigenvalue weighted by Gasteiger charge is 2.41. The summed E-state index contributed by atoms with van der Waals surface area (Å²) >= 11 is 12.1. The van der Waals surface area contributed by atoms with Gasteiger partial charge in [-0.25, -0.2) is 4.79 Å². The fourth-order valence-corrected chi connectivity index (χ4v) is 3.36. The molecule has 1 saturated carbocycles. The molecule has 0 atom stereocenters. The maximum Gasteiger partial charge on any atom is 0.331 e. The van der Waals surface area contributed by atoms with E-state index in [2.05, 4.69) is 5.32 Å². The largest absolute Gasteiger partial charge is 0.467 e. The Morgan fingerprint density at radius 2 is 1.78 bits per heavy atom. The summed E-state index contributed by atoms with van der Waals surface area (Å²) in [6.07, 6.45) is 6.89. The van der Waals surface area contributed by atoms with Crippen LogP contribution >= 0.6 is 23.2 Å². The van der Waals surface area contributed by atoms with Crippen LogP contribution in [0.4, 0.5) is 0 Å². The van der Waals surface area contributed by atoms with E-state index in [4.69, 9.17) is 27.9 Å². The molecule has 124 valence electrons. The number of rotatable bonds is 4. The first-order chi connectivity index (χ1) is 11.0. The number of esters is 1. The summed E-state index contributed by atoms with van der Waals surface area (Å²) in [6, 6.07) is 5.13. The Balaban J connectivity index is 2.13. The normalized spacial score (nSPS) is 17.0. The van der Waals surface area contributed by atoms with Crippen molar-refractivity contribution >= 4 is 41.2 Å². The van der Waals surface area contributed by atoms with Crippen LogP contribution in [0.3, 0.4) is 0 Å². The van der Waals surface area contributed by atoms with Gasteiger partial charge >= 0.3 is 5.97 Å². The number of nitrogens with one attached hydrogen (secondary N) is 1. The van der Waals surface area contributed by atoms with Crippen molar-refractivity contribution in [2.45, 2.75) is 37.6 Å². The van der Waals surface area contributed by atoms with E-state index >= 15 is 0 Å². The molecule has 0 spiro atoms. The molecular formula is C17H19Cl2NO3. The molecule has 2 rings (SSSR count). The Hall–Kier alpha value is -1.52. The van der Waals surface area contributed by atoms with Gasteiger partial charge in [0.1, 0.15) is 5.54 Å². The number of hydrogen-bond donors (Lipinski definition) is 1. The van der Waals surface area contributed by atoms with Gasteiger partial charge in [0.2, 0.25) is 5.91 Å². The Kier molecular flexibility index (Phi) is 6.08. The van der Waals surface area contributed by atoms with Crippen molar-refractivity contribution in [2.24, 2.45) is 0 Å². The first kappa shape index (κ1) is 17.8. The summed E-state index contributed by atoms with van der Waals surface area (Å²) in [4.78, 5) is 24.3. The standard InChI is InChI=1S/C17H19Cl2NO3/c1-23-16(22)17(10-3-2-4-11-17)20-15(21)9-8-12-13(18)6-5-7-14(12)19/h5-9H,2-4,10-11H2,1H3,(H,20,21)/b9-8+. The number of halogens is 2. The molecule has 23 heavy (non-hydrogen) atoms. The summed E-state index contributed by atoms with van der Waals surface area (Å²) in [5, 5.41) is 3.73. The zero-order valence-corrected chi connectivity index (χ0v) is 14.4. The predicted molar refractivity (Wildman–Crippen MR) is 91.5 cm³/mol. The van der Waals surface area contributed by atoms with Crippen LogP contribution in [-0.4, -0.2) is 24.5 Å². The van der Waals surface area contributed by atoms with Crippen LogP contribution in [0.15, 0.2) is 24.3 Å². The molecule has 0 radical (unpaired) electrons. The quantitative estimate of drug-likeness (QED) is 0.655. The molecule has 0 unspecified atom stereocenters. The third kappa shape index (κ3) is 4.27. The van der Waals surface area contributed by atoms with E-state index in [1.54, 1.807) is 24.3 Å². The van der Waals surface area contributed by atoms with Gasteiger partial charge in [0, 0.05) is 21.7 Å². The molecule has 4 nitrogen and oxygen atoms in total. The Labute approximate surface area is 145 Å². The van der Waals surface area contributed by atoms with Crippen LogP contribution in [-0.2, 0) is 14.3 Å². The van der Waals surface area contributed by atoms with Gasteiger partial charge < -0.3 is 10.1 Å². The second kappa shape index (κ2) is 7.84. The summed E-state index contributed by atoms with van der Waals surface area (Å²) in [7, 11) is 1.34. The fraction of sp³-hybridized carbons (Fsp3) is 0.412. The second-order valence-electron chi connectivity index (χ2n) is 5.59. The molecule has 1 aromatic carbocycles. The van der Waals surface area contributed by atoms with Crippen LogP contribution in [0.5, 0.6) is 0 Å². The molecule has 1 N–H and O–H groups in total.